The predicted octanol–water partition coefficient (Wildman–Crippen LogP) is 3.24. The van der Waals surface area contributed by atoms with Crippen molar-refractivity contribution in [1.29, 1.82) is 0 Å². The van der Waals surface area contributed by atoms with Gasteiger partial charge in [0.15, 0.2) is 10.8 Å². The Kier molecular flexibility index (Phi) is 5.56. The first-order valence-corrected chi connectivity index (χ1v) is 9.40. The van der Waals surface area contributed by atoms with Crippen LogP contribution in [0.2, 0.25) is 0 Å². The van der Waals surface area contributed by atoms with E-state index in [1.54, 1.807) is 0 Å². The van der Waals surface area contributed by atoms with Crippen molar-refractivity contribution in [2.24, 2.45) is 5.92 Å². The van der Waals surface area contributed by atoms with Gasteiger partial charge in [-0.05, 0) is 29.5 Å². The molecular formula is C19H22N2O4S. The number of rotatable bonds is 6. The van der Waals surface area contributed by atoms with Crippen molar-refractivity contribution in [3.63, 3.8) is 0 Å². The molecule has 138 valence electrons. The molecule has 0 radical (unpaired) electrons. The molecule has 0 aliphatic carbocycles. The van der Waals surface area contributed by atoms with Gasteiger partial charge in [0.2, 0.25) is 5.91 Å². The number of methoxy groups -OCH3 is 1. The summed E-state index contributed by atoms with van der Waals surface area (Å²) in [4.78, 5) is 29.4. The zero-order valence-corrected chi connectivity index (χ0v) is 15.9. The number of amides is 1. The molecule has 3 rings (SSSR count). The van der Waals surface area contributed by atoms with Crippen LogP contribution in [-0.2, 0) is 28.8 Å². The minimum absolute atomic E-state index is 0.177. The molecule has 7 heteroatoms. The van der Waals surface area contributed by atoms with Gasteiger partial charge in [-0.3, -0.25) is 4.79 Å². The Labute approximate surface area is 156 Å². The van der Waals surface area contributed by atoms with Crippen LogP contribution in [0.15, 0.2) is 18.2 Å². The summed E-state index contributed by atoms with van der Waals surface area (Å²) >= 11 is 1.32. The number of ether oxygens (including phenoxy) is 2. The Morgan fingerprint density at radius 2 is 2.19 bits per heavy atom. The molecule has 0 fully saturated rings. The fourth-order valence-electron chi connectivity index (χ4n) is 2.84. The summed E-state index contributed by atoms with van der Waals surface area (Å²) in [6, 6.07) is 5.86. The Morgan fingerprint density at radius 3 is 2.92 bits per heavy atom. The van der Waals surface area contributed by atoms with Crippen molar-refractivity contribution >= 4 is 28.3 Å². The number of aromatic nitrogens is 1. The van der Waals surface area contributed by atoms with E-state index < -0.39 is 5.97 Å². The highest BCUT2D eigenvalue weighted by molar-refractivity contribution is 7.16. The van der Waals surface area contributed by atoms with E-state index >= 15 is 0 Å². The van der Waals surface area contributed by atoms with E-state index in [1.807, 2.05) is 18.2 Å². The molecular weight excluding hydrogens is 352 g/mol. The van der Waals surface area contributed by atoms with Gasteiger partial charge >= 0.3 is 5.97 Å². The number of carbonyl (C=O) groups is 2. The van der Waals surface area contributed by atoms with Crippen LogP contribution in [0.1, 0.15) is 40.3 Å². The first-order valence-electron chi connectivity index (χ1n) is 8.58. The highest BCUT2D eigenvalue weighted by Crippen LogP contribution is 2.28. The monoisotopic (exact) mass is 374 g/mol. The van der Waals surface area contributed by atoms with Crippen LogP contribution >= 0.6 is 11.3 Å². The maximum Gasteiger partial charge on any atom is 0.357 e. The van der Waals surface area contributed by atoms with Crippen LogP contribution in [0.3, 0.4) is 0 Å². The number of hydrogen-bond donors (Lipinski definition) is 1. The van der Waals surface area contributed by atoms with Crippen molar-refractivity contribution in [3.8, 4) is 5.75 Å². The molecule has 1 aliphatic rings. The number of anilines is 1. The summed E-state index contributed by atoms with van der Waals surface area (Å²) in [6.45, 7) is 4.82. The van der Waals surface area contributed by atoms with Gasteiger partial charge in [-0.25, -0.2) is 9.78 Å². The third-order valence-electron chi connectivity index (χ3n) is 4.04. The highest BCUT2D eigenvalue weighted by Gasteiger charge is 2.21. The number of benzene rings is 1. The molecule has 2 heterocycles. The summed E-state index contributed by atoms with van der Waals surface area (Å²) < 4.78 is 10.3. The van der Waals surface area contributed by atoms with Gasteiger partial charge in [0, 0.05) is 11.3 Å². The first-order chi connectivity index (χ1) is 12.5. The maximum atomic E-state index is 12.4. The lowest BCUT2D eigenvalue weighted by Crippen LogP contribution is -2.14. The molecule has 0 bridgehead atoms. The van der Waals surface area contributed by atoms with E-state index in [1.165, 1.54) is 24.0 Å². The van der Waals surface area contributed by atoms with E-state index in [9.17, 15) is 9.59 Å². The average Bonchev–Trinajstić information content (AvgIpc) is 3.19. The smallest absolute Gasteiger partial charge is 0.357 e. The maximum absolute atomic E-state index is 12.4. The van der Waals surface area contributed by atoms with Crippen LogP contribution in [0.4, 0.5) is 5.13 Å². The van der Waals surface area contributed by atoms with Crippen molar-refractivity contribution in [2.75, 3.05) is 19.0 Å². The second-order valence-electron chi connectivity index (χ2n) is 6.65. The summed E-state index contributed by atoms with van der Waals surface area (Å²) in [5.41, 5.74) is 2.35. The highest BCUT2D eigenvalue weighted by atomic mass is 32.1. The number of esters is 1. The minimum atomic E-state index is -0.479. The third-order valence-corrected chi connectivity index (χ3v) is 5.03. The van der Waals surface area contributed by atoms with E-state index in [-0.39, 0.29) is 18.0 Å². The van der Waals surface area contributed by atoms with Gasteiger partial charge in [-0.2, -0.15) is 0 Å². The summed E-state index contributed by atoms with van der Waals surface area (Å²) in [5, 5.41) is 3.21. The van der Waals surface area contributed by atoms with Gasteiger partial charge < -0.3 is 14.8 Å². The lowest BCUT2D eigenvalue weighted by Gasteiger charge is -2.04. The van der Waals surface area contributed by atoms with Gasteiger partial charge in [-0.15, -0.1) is 11.3 Å². The van der Waals surface area contributed by atoms with Crippen molar-refractivity contribution < 1.29 is 19.1 Å². The van der Waals surface area contributed by atoms with Crippen LogP contribution in [-0.4, -0.2) is 30.6 Å². The largest absolute Gasteiger partial charge is 0.493 e. The molecule has 1 aromatic heterocycles. The van der Waals surface area contributed by atoms with Crippen molar-refractivity contribution in [3.05, 3.63) is 39.9 Å². The van der Waals surface area contributed by atoms with Gasteiger partial charge in [0.25, 0.3) is 0 Å². The first kappa shape index (κ1) is 18.4. The van der Waals surface area contributed by atoms with Gasteiger partial charge in [0.05, 0.1) is 20.1 Å². The molecule has 0 saturated heterocycles. The fraction of sp³-hybridized carbons (Fsp3) is 0.421. The quantitative estimate of drug-likeness (QED) is 0.786. The molecule has 0 spiro atoms. The molecule has 1 aliphatic heterocycles. The standard InChI is InChI=1S/C19H22N2O4S/c1-11(2)8-15-17(18(23)24-3)21-19(26-15)20-16(22)10-12-4-5-13-6-7-25-14(13)9-12/h4-5,9,11H,6-8,10H2,1-3H3,(H,20,21,22). The van der Waals surface area contributed by atoms with Crippen LogP contribution in [0.5, 0.6) is 5.75 Å². The summed E-state index contributed by atoms with van der Waals surface area (Å²) in [6.07, 6.45) is 1.85. The van der Waals surface area contributed by atoms with E-state index in [2.05, 4.69) is 24.1 Å². The van der Waals surface area contributed by atoms with E-state index in [4.69, 9.17) is 9.47 Å². The van der Waals surface area contributed by atoms with E-state index in [0.717, 1.165) is 22.6 Å². The third kappa shape index (κ3) is 4.22. The normalized spacial score (nSPS) is 12.6. The minimum Gasteiger partial charge on any atom is -0.493 e. The number of thiazole rings is 1. The second kappa shape index (κ2) is 7.86. The van der Waals surface area contributed by atoms with Gasteiger partial charge in [0.1, 0.15) is 5.75 Å². The number of hydrogen-bond acceptors (Lipinski definition) is 6. The number of carbonyl (C=O) groups excluding carboxylic acids is 2. The predicted molar refractivity (Wildman–Crippen MR) is 100.0 cm³/mol. The zero-order valence-electron chi connectivity index (χ0n) is 15.1. The Bertz CT molecular complexity index is 829. The van der Waals surface area contributed by atoms with Crippen molar-refractivity contribution in [1.82, 2.24) is 4.98 Å². The molecule has 0 unspecified atom stereocenters. The summed E-state index contributed by atoms with van der Waals surface area (Å²) in [7, 11) is 1.33. The molecule has 6 nitrogen and oxygen atoms in total. The zero-order chi connectivity index (χ0) is 18.7. The topological polar surface area (TPSA) is 77.5 Å². The summed E-state index contributed by atoms with van der Waals surface area (Å²) in [5.74, 6) is 0.572. The fourth-order valence-corrected chi connectivity index (χ4v) is 4.02. The molecule has 1 amide bonds. The van der Waals surface area contributed by atoms with Crippen molar-refractivity contribution in [2.45, 2.75) is 33.1 Å². The van der Waals surface area contributed by atoms with E-state index in [0.29, 0.717) is 24.1 Å². The lowest BCUT2D eigenvalue weighted by molar-refractivity contribution is -0.115. The SMILES string of the molecule is COC(=O)c1nc(NC(=O)Cc2ccc3c(c2)OCC3)sc1CC(C)C. The van der Waals surface area contributed by atoms with Crippen LogP contribution < -0.4 is 10.1 Å². The Balaban J connectivity index is 1.70. The lowest BCUT2D eigenvalue weighted by atomic mass is 10.1. The number of fused-ring (bicyclic) bond motifs is 1. The second-order valence-corrected chi connectivity index (χ2v) is 7.73. The molecule has 1 aromatic carbocycles. The van der Waals surface area contributed by atoms with Gasteiger partial charge in [-0.1, -0.05) is 26.0 Å². The number of nitrogens with zero attached hydrogens (tertiary/aromatic N) is 1. The molecule has 26 heavy (non-hydrogen) atoms. The number of nitrogens with one attached hydrogen (secondary N) is 1. The Hall–Kier alpha value is -2.41. The average molecular weight is 374 g/mol. The molecule has 0 atom stereocenters. The Morgan fingerprint density at radius 1 is 1.38 bits per heavy atom. The molecule has 0 saturated carbocycles. The van der Waals surface area contributed by atoms with Crippen LogP contribution in [0, 0.1) is 5.92 Å². The van der Waals surface area contributed by atoms with Crippen LogP contribution in [0.25, 0.3) is 0 Å². The molecule has 1 N–H and O–H groups in total. The molecule has 2 aromatic rings.